The first-order chi connectivity index (χ1) is 17.5. The minimum atomic E-state index is -4.47. The first-order valence-electron chi connectivity index (χ1n) is 10.8. The number of aliphatic hydroxyl groups excluding tert-OH is 1. The van der Waals surface area contributed by atoms with Crippen LogP contribution in [0.15, 0.2) is 41.6 Å². The van der Waals surface area contributed by atoms with Crippen molar-refractivity contribution in [3.63, 3.8) is 0 Å². The molecule has 0 spiro atoms. The molecule has 1 aromatic heterocycles. The van der Waals surface area contributed by atoms with E-state index in [0.29, 0.717) is 19.4 Å². The molecule has 37 heavy (non-hydrogen) atoms. The van der Waals surface area contributed by atoms with Gasteiger partial charge in [-0.1, -0.05) is 23.4 Å². The number of ether oxygens (including phenoxy) is 1. The third kappa shape index (κ3) is 6.08. The predicted molar refractivity (Wildman–Crippen MR) is 132 cm³/mol. The second-order valence-corrected chi connectivity index (χ2v) is 10.4. The molecule has 1 aliphatic carbocycles. The molecule has 9 nitrogen and oxygen atoms in total. The Balaban J connectivity index is 1.59. The van der Waals surface area contributed by atoms with Gasteiger partial charge < -0.3 is 20.3 Å². The van der Waals surface area contributed by atoms with Gasteiger partial charge in [0.15, 0.2) is 5.82 Å². The van der Waals surface area contributed by atoms with E-state index < -0.39 is 50.0 Å². The fraction of sp³-hybridized carbons (Fsp3) is 0.250. The zero-order valence-electron chi connectivity index (χ0n) is 19.3. The highest BCUT2D eigenvalue weighted by atomic mass is 35.5. The maximum atomic E-state index is 15.1. The second kappa shape index (κ2) is 10.5. The Morgan fingerprint density at radius 1 is 1.19 bits per heavy atom. The van der Waals surface area contributed by atoms with Crippen LogP contribution in [0.25, 0.3) is 0 Å². The van der Waals surface area contributed by atoms with Crippen molar-refractivity contribution in [2.75, 3.05) is 23.7 Å². The maximum Gasteiger partial charge on any atom is 0.265 e. The largest absolute Gasteiger partial charge is 0.495 e. The lowest BCUT2D eigenvalue weighted by atomic mass is 10.1. The van der Waals surface area contributed by atoms with Crippen molar-refractivity contribution in [3.8, 4) is 17.6 Å². The Hall–Kier alpha value is -3.50. The molecular formula is C24H21ClF2N4O5S. The van der Waals surface area contributed by atoms with Crippen molar-refractivity contribution in [3.05, 3.63) is 70.0 Å². The summed E-state index contributed by atoms with van der Waals surface area (Å²) in [5.41, 5.74) is -1.61. The van der Waals surface area contributed by atoms with Crippen LogP contribution in [0.3, 0.4) is 0 Å². The number of hydrogen-bond acceptors (Lipinski definition) is 8. The normalized spacial score (nSPS) is 13.9. The molecule has 13 heteroatoms. The number of methoxy groups -OCH3 is 1. The van der Waals surface area contributed by atoms with Crippen molar-refractivity contribution >= 4 is 33.3 Å². The number of anilines is 2. The molecule has 2 aromatic carbocycles. The highest BCUT2D eigenvalue weighted by molar-refractivity contribution is 7.92. The number of halogens is 3. The van der Waals surface area contributed by atoms with Gasteiger partial charge >= 0.3 is 0 Å². The Bertz CT molecular complexity index is 1500. The van der Waals surface area contributed by atoms with E-state index in [4.69, 9.17) is 16.3 Å². The minimum Gasteiger partial charge on any atom is -0.495 e. The summed E-state index contributed by atoms with van der Waals surface area (Å²) in [6, 6.07) is 4.18. The third-order valence-electron chi connectivity index (χ3n) is 5.48. The van der Waals surface area contributed by atoms with Gasteiger partial charge in [0.1, 0.15) is 16.5 Å². The minimum absolute atomic E-state index is 0.00297. The molecule has 0 saturated heterocycles. The van der Waals surface area contributed by atoms with E-state index >= 15 is 4.39 Å². The van der Waals surface area contributed by atoms with Gasteiger partial charge in [0, 0.05) is 29.5 Å². The van der Waals surface area contributed by atoms with E-state index in [2.05, 4.69) is 27.1 Å². The van der Waals surface area contributed by atoms with Crippen LogP contribution >= 0.6 is 11.6 Å². The van der Waals surface area contributed by atoms with Gasteiger partial charge in [-0.25, -0.2) is 27.2 Å². The summed E-state index contributed by atoms with van der Waals surface area (Å²) in [6.45, 7) is -0.251. The Kier molecular flexibility index (Phi) is 7.52. The van der Waals surface area contributed by atoms with Gasteiger partial charge in [0.2, 0.25) is 5.95 Å². The summed E-state index contributed by atoms with van der Waals surface area (Å²) < 4.78 is 62.7. The predicted octanol–water partition coefficient (Wildman–Crippen LogP) is 3.05. The molecule has 194 valence electrons. The number of rotatable bonds is 8. The molecule has 0 bridgehead atoms. The van der Waals surface area contributed by atoms with E-state index in [1.807, 2.05) is 4.72 Å². The lowest BCUT2D eigenvalue weighted by Gasteiger charge is -2.15. The zero-order chi connectivity index (χ0) is 26.8. The topological polar surface area (TPSA) is 134 Å². The van der Waals surface area contributed by atoms with Crippen molar-refractivity contribution in [2.45, 2.75) is 29.9 Å². The SMILES string of the molecule is COc1c(CO)cc(Cl)cc1S(=O)(=O)Nc1ccc(F)c(C#Cc2cnc(NCC3(O)CC3)nc2)c1F. The van der Waals surface area contributed by atoms with Crippen LogP contribution in [0.2, 0.25) is 5.02 Å². The van der Waals surface area contributed by atoms with Crippen LogP contribution < -0.4 is 14.8 Å². The van der Waals surface area contributed by atoms with Gasteiger partial charge in [-0.2, -0.15) is 0 Å². The molecule has 4 rings (SSSR count). The van der Waals surface area contributed by atoms with E-state index in [-0.39, 0.29) is 27.8 Å². The first-order valence-corrected chi connectivity index (χ1v) is 12.7. The number of nitrogens with zero attached hydrogens (tertiary/aromatic N) is 2. The van der Waals surface area contributed by atoms with Crippen molar-refractivity contribution in [1.82, 2.24) is 9.97 Å². The van der Waals surface area contributed by atoms with Crippen LogP contribution in [-0.4, -0.2) is 47.9 Å². The molecule has 1 saturated carbocycles. The summed E-state index contributed by atoms with van der Waals surface area (Å²) in [5, 5.41) is 22.2. The molecule has 1 aliphatic rings. The lowest BCUT2D eigenvalue weighted by Crippen LogP contribution is -2.21. The van der Waals surface area contributed by atoms with E-state index in [1.165, 1.54) is 25.6 Å². The molecule has 3 aromatic rings. The molecule has 0 atom stereocenters. The fourth-order valence-electron chi connectivity index (χ4n) is 3.30. The lowest BCUT2D eigenvalue weighted by molar-refractivity contribution is 0.164. The summed E-state index contributed by atoms with van der Waals surface area (Å²) in [6.07, 6.45) is 4.08. The van der Waals surface area contributed by atoms with E-state index in [1.54, 1.807) is 0 Å². The van der Waals surface area contributed by atoms with Crippen molar-refractivity contribution in [1.29, 1.82) is 0 Å². The van der Waals surface area contributed by atoms with Crippen LogP contribution in [0.5, 0.6) is 5.75 Å². The second-order valence-electron chi connectivity index (χ2n) is 8.27. The smallest absolute Gasteiger partial charge is 0.265 e. The van der Waals surface area contributed by atoms with E-state index in [9.17, 15) is 23.0 Å². The summed E-state index contributed by atoms with van der Waals surface area (Å²) in [5.74, 6) is 2.73. The molecule has 0 radical (unpaired) electrons. The summed E-state index contributed by atoms with van der Waals surface area (Å²) in [4.78, 5) is 7.65. The first kappa shape index (κ1) is 26.6. The fourth-order valence-corrected chi connectivity index (χ4v) is 4.90. The van der Waals surface area contributed by atoms with Gasteiger partial charge in [-0.3, -0.25) is 4.72 Å². The summed E-state index contributed by atoms with van der Waals surface area (Å²) in [7, 11) is -3.27. The average molecular weight is 551 g/mol. The van der Waals surface area contributed by atoms with Crippen LogP contribution in [0.4, 0.5) is 20.4 Å². The van der Waals surface area contributed by atoms with Crippen molar-refractivity contribution in [2.24, 2.45) is 0 Å². The number of hydrogen-bond donors (Lipinski definition) is 4. The van der Waals surface area contributed by atoms with Crippen LogP contribution in [-0.2, 0) is 16.6 Å². The molecule has 1 fully saturated rings. The van der Waals surface area contributed by atoms with Crippen molar-refractivity contribution < 1.29 is 32.1 Å². The zero-order valence-corrected chi connectivity index (χ0v) is 20.9. The number of benzene rings is 2. The highest BCUT2D eigenvalue weighted by Gasteiger charge is 2.40. The van der Waals surface area contributed by atoms with Crippen LogP contribution in [0.1, 0.15) is 29.5 Å². The van der Waals surface area contributed by atoms with Gasteiger partial charge in [-0.15, -0.1) is 0 Å². The molecule has 1 heterocycles. The van der Waals surface area contributed by atoms with Gasteiger partial charge in [-0.05, 0) is 37.1 Å². The summed E-state index contributed by atoms with van der Waals surface area (Å²) >= 11 is 5.97. The highest BCUT2D eigenvalue weighted by Crippen LogP contribution is 2.35. The number of aromatic nitrogens is 2. The molecule has 0 unspecified atom stereocenters. The Labute approximate surface area is 216 Å². The Morgan fingerprint density at radius 2 is 1.89 bits per heavy atom. The third-order valence-corrected chi connectivity index (χ3v) is 7.07. The Morgan fingerprint density at radius 3 is 2.51 bits per heavy atom. The average Bonchev–Trinajstić information content (AvgIpc) is 3.61. The number of sulfonamides is 1. The quantitative estimate of drug-likeness (QED) is 0.315. The number of nitrogens with one attached hydrogen (secondary N) is 2. The molecular weight excluding hydrogens is 530 g/mol. The van der Waals surface area contributed by atoms with E-state index in [0.717, 1.165) is 18.2 Å². The standard InChI is InChI=1S/C24H21ClF2N4O5S/c1-36-22-15(12-32)8-16(25)9-20(22)37(34,35)31-19-5-4-18(26)17(21(19)27)3-2-14-10-28-23(29-11-14)30-13-24(33)6-7-24/h4-5,8-11,31-33H,6-7,12-13H2,1H3,(H,28,29,30). The monoisotopic (exact) mass is 550 g/mol. The molecule has 0 amide bonds. The maximum absolute atomic E-state index is 15.1. The molecule has 0 aliphatic heterocycles. The molecule has 4 N–H and O–H groups in total. The van der Waals surface area contributed by atoms with Gasteiger partial charge in [0.05, 0.1) is 36.1 Å². The number of aliphatic hydroxyl groups is 2. The van der Waals surface area contributed by atoms with Gasteiger partial charge in [0.25, 0.3) is 10.0 Å². The van der Waals surface area contributed by atoms with Crippen LogP contribution in [0, 0.1) is 23.5 Å².